The highest BCUT2D eigenvalue weighted by Gasteiger charge is 2.33. The predicted octanol–water partition coefficient (Wildman–Crippen LogP) is 1.28. The Balaban J connectivity index is 1.82. The molecule has 0 atom stereocenters. The van der Waals surface area contributed by atoms with E-state index in [4.69, 9.17) is 4.52 Å². The molecule has 2 aromatic rings. The van der Waals surface area contributed by atoms with Crippen LogP contribution in [-0.4, -0.2) is 45.1 Å². The predicted molar refractivity (Wildman–Crippen MR) is 72.2 cm³/mol. The van der Waals surface area contributed by atoms with Crippen LogP contribution in [0.3, 0.4) is 0 Å². The van der Waals surface area contributed by atoms with Crippen LogP contribution in [0.5, 0.6) is 0 Å². The fourth-order valence-corrected chi connectivity index (χ4v) is 2.25. The molecule has 7 nitrogen and oxygen atoms in total. The summed E-state index contributed by atoms with van der Waals surface area (Å²) in [5.74, 6) is -0.0737. The van der Waals surface area contributed by atoms with Crippen LogP contribution in [0, 0.1) is 6.92 Å². The number of amides is 2. The normalized spacial score (nSPS) is 14.5. The Bertz CT molecular complexity index is 668. The van der Waals surface area contributed by atoms with E-state index in [0.717, 1.165) is 6.42 Å². The maximum absolute atomic E-state index is 12.4. The van der Waals surface area contributed by atoms with Gasteiger partial charge in [-0.25, -0.2) is 10.0 Å². The molecule has 0 unspecified atom stereocenters. The molecule has 1 saturated heterocycles. The number of aryl methyl sites for hydroxylation is 1. The number of pyridine rings is 1. The number of aromatic nitrogens is 2. The second-order valence-electron chi connectivity index (χ2n) is 4.75. The number of hydrazine groups is 1. The van der Waals surface area contributed by atoms with Gasteiger partial charge in [0.25, 0.3) is 11.8 Å². The van der Waals surface area contributed by atoms with E-state index in [2.05, 4.69) is 10.1 Å². The van der Waals surface area contributed by atoms with E-state index in [1.54, 1.807) is 37.4 Å². The van der Waals surface area contributed by atoms with Gasteiger partial charge in [0, 0.05) is 25.4 Å². The summed E-state index contributed by atoms with van der Waals surface area (Å²) in [5.41, 5.74) is 0.516. The number of hydrogen-bond acceptors (Lipinski definition) is 5. The van der Waals surface area contributed by atoms with Crippen molar-refractivity contribution in [3.8, 4) is 0 Å². The molecule has 1 aliphatic rings. The molecule has 2 aromatic heterocycles. The van der Waals surface area contributed by atoms with Crippen LogP contribution in [0.1, 0.15) is 33.2 Å². The Morgan fingerprint density at radius 2 is 1.86 bits per heavy atom. The molecule has 0 bridgehead atoms. The molecule has 1 fully saturated rings. The van der Waals surface area contributed by atoms with E-state index in [1.165, 1.54) is 10.0 Å². The van der Waals surface area contributed by atoms with Gasteiger partial charge in [-0.05, 0) is 25.5 Å². The fraction of sp³-hybridized carbons (Fsp3) is 0.286. The van der Waals surface area contributed by atoms with Gasteiger partial charge in [-0.1, -0.05) is 11.2 Å². The first-order valence-corrected chi connectivity index (χ1v) is 6.65. The summed E-state index contributed by atoms with van der Waals surface area (Å²) in [5, 5.41) is 6.52. The zero-order valence-electron chi connectivity index (χ0n) is 11.5. The lowest BCUT2D eigenvalue weighted by atomic mass is 10.3. The van der Waals surface area contributed by atoms with Crippen LogP contribution in [0.2, 0.25) is 0 Å². The highest BCUT2D eigenvalue weighted by molar-refractivity contribution is 5.97. The Morgan fingerprint density at radius 3 is 2.43 bits per heavy atom. The Kier molecular flexibility index (Phi) is 3.39. The summed E-state index contributed by atoms with van der Waals surface area (Å²) in [4.78, 5) is 28.9. The number of rotatable bonds is 2. The topological polar surface area (TPSA) is 79.5 Å². The molecule has 0 N–H and O–H groups in total. The van der Waals surface area contributed by atoms with Crippen LogP contribution >= 0.6 is 0 Å². The number of hydrogen-bond donors (Lipinski definition) is 0. The van der Waals surface area contributed by atoms with Gasteiger partial charge in [-0.3, -0.25) is 14.6 Å². The van der Waals surface area contributed by atoms with Gasteiger partial charge in [0.05, 0.1) is 0 Å². The van der Waals surface area contributed by atoms with Gasteiger partial charge in [-0.2, -0.15) is 0 Å². The molecule has 3 heterocycles. The number of nitrogens with zero attached hydrogens (tertiary/aromatic N) is 4. The fourth-order valence-electron chi connectivity index (χ4n) is 2.25. The van der Waals surface area contributed by atoms with Crippen molar-refractivity contribution in [3.63, 3.8) is 0 Å². The molecule has 0 radical (unpaired) electrons. The third kappa shape index (κ3) is 2.49. The average Bonchev–Trinajstić information content (AvgIpc) is 3.15. The van der Waals surface area contributed by atoms with Gasteiger partial charge in [-0.15, -0.1) is 0 Å². The zero-order chi connectivity index (χ0) is 14.8. The summed E-state index contributed by atoms with van der Waals surface area (Å²) >= 11 is 0. The van der Waals surface area contributed by atoms with Gasteiger partial charge in [0.15, 0.2) is 5.69 Å². The lowest BCUT2D eigenvalue weighted by Gasteiger charge is -2.26. The first-order chi connectivity index (χ1) is 10.2. The van der Waals surface area contributed by atoms with Crippen molar-refractivity contribution in [1.29, 1.82) is 0 Å². The van der Waals surface area contributed by atoms with E-state index in [1.807, 2.05) is 0 Å². The van der Waals surface area contributed by atoms with Crippen LogP contribution in [-0.2, 0) is 0 Å². The Morgan fingerprint density at radius 1 is 1.14 bits per heavy atom. The minimum atomic E-state index is -0.339. The summed E-state index contributed by atoms with van der Waals surface area (Å²) in [6.45, 7) is 2.67. The Hall–Kier alpha value is -2.70. The molecule has 7 heteroatoms. The molecule has 108 valence electrons. The average molecular weight is 286 g/mol. The molecular formula is C14H14N4O3. The van der Waals surface area contributed by atoms with Crippen LogP contribution < -0.4 is 0 Å². The first-order valence-electron chi connectivity index (χ1n) is 6.65. The standard InChI is InChI=1S/C14H14N4O3/c1-10-9-12(16-21-10)14(20)18-8-4-7-17(18)13(19)11-5-2-3-6-15-11/h2-3,5-6,9H,4,7-8H2,1H3. The van der Waals surface area contributed by atoms with E-state index in [-0.39, 0.29) is 17.5 Å². The molecule has 21 heavy (non-hydrogen) atoms. The van der Waals surface area contributed by atoms with Crippen molar-refractivity contribution in [2.45, 2.75) is 13.3 Å². The van der Waals surface area contributed by atoms with E-state index in [0.29, 0.717) is 24.5 Å². The second-order valence-corrected chi connectivity index (χ2v) is 4.75. The molecule has 0 saturated carbocycles. The van der Waals surface area contributed by atoms with Crippen molar-refractivity contribution in [3.05, 3.63) is 47.6 Å². The van der Waals surface area contributed by atoms with Crippen molar-refractivity contribution in [1.82, 2.24) is 20.2 Å². The summed E-state index contributed by atoms with van der Waals surface area (Å²) in [7, 11) is 0. The minimum Gasteiger partial charge on any atom is -0.361 e. The van der Waals surface area contributed by atoms with Crippen molar-refractivity contribution >= 4 is 11.8 Å². The maximum atomic E-state index is 12.4. The van der Waals surface area contributed by atoms with Crippen LogP contribution in [0.4, 0.5) is 0 Å². The van der Waals surface area contributed by atoms with Crippen molar-refractivity contribution in [2.24, 2.45) is 0 Å². The van der Waals surface area contributed by atoms with E-state index >= 15 is 0 Å². The third-order valence-corrected chi connectivity index (χ3v) is 3.23. The van der Waals surface area contributed by atoms with E-state index < -0.39 is 0 Å². The quantitative estimate of drug-likeness (QED) is 0.831. The van der Waals surface area contributed by atoms with Crippen LogP contribution in [0.25, 0.3) is 0 Å². The van der Waals surface area contributed by atoms with Gasteiger partial charge in [0.2, 0.25) is 0 Å². The van der Waals surface area contributed by atoms with Gasteiger partial charge in [0.1, 0.15) is 11.5 Å². The molecule has 3 rings (SSSR count). The number of carbonyl (C=O) groups excluding carboxylic acids is 2. The molecule has 0 aliphatic carbocycles. The minimum absolute atomic E-state index is 0.202. The smallest absolute Gasteiger partial charge is 0.294 e. The van der Waals surface area contributed by atoms with Gasteiger partial charge < -0.3 is 4.52 Å². The largest absolute Gasteiger partial charge is 0.361 e. The maximum Gasteiger partial charge on any atom is 0.294 e. The second kappa shape index (κ2) is 5.35. The third-order valence-electron chi connectivity index (χ3n) is 3.23. The molecule has 0 spiro atoms. The highest BCUT2D eigenvalue weighted by Crippen LogP contribution is 2.17. The van der Waals surface area contributed by atoms with E-state index in [9.17, 15) is 9.59 Å². The lowest BCUT2D eigenvalue weighted by Crippen LogP contribution is -2.45. The Labute approximate surface area is 121 Å². The SMILES string of the molecule is Cc1cc(C(=O)N2CCCN2C(=O)c2ccccn2)no1. The molecule has 1 aliphatic heterocycles. The van der Waals surface area contributed by atoms with Crippen molar-refractivity contribution in [2.75, 3.05) is 13.1 Å². The number of carbonyl (C=O) groups is 2. The van der Waals surface area contributed by atoms with Gasteiger partial charge >= 0.3 is 0 Å². The zero-order valence-corrected chi connectivity index (χ0v) is 11.5. The molecular weight excluding hydrogens is 272 g/mol. The monoisotopic (exact) mass is 286 g/mol. The summed E-state index contributed by atoms with van der Waals surface area (Å²) in [6.07, 6.45) is 2.28. The molecule has 2 amide bonds. The molecule has 0 aromatic carbocycles. The highest BCUT2D eigenvalue weighted by atomic mass is 16.5. The van der Waals surface area contributed by atoms with Crippen LogP contribution in [0.15, 0.2) is 35.0 Å². The van der Waals surface area contributed by atoms with Crippen molar-refractivity contribution < 1.29 is 14.1 Å². The first kappa shape index (κ1) is 13.3. The summed E-state index contributed by atoms with van der Waals surface area (Å²) < 4.78 is 4.91. The summed E-state index contributed by atoms with van der Waals surface area (Å²) in [6, 6.07) is 6.67. The lowest BCUT2D eigenvalue weighted by molar-refractivity contribution is 0.0176.